The average Bonchev–Trinajstić information content (AvgIpc) is 2.47. The molecule has 1 aliphatic heterocycles. The quantitative estimate of drug-likeness (QED) is 0.918. The van der Waals surface area contributed by atoms with Gasteiger partial charge in [0.1, 0.15) is 11.6 Å². The molecule has 0 atom stereocenters. The van der Waals surface area contributed by atoms with Crippen molar-refractivity contribution in [2.24, 2.45) is 11.7 Å². The van der Waals surface area contributed by atoms with Gasteiger partial charge in [0.05, 0.1) is 0 Å². The maximum Gasteiger partial charge on any atom is 0.135 e. The summed E-state index contributed by atoms with van der Waals surface area (Å²) in [6, 6.07) is 0. The van der Waals surface area contributed by atoms with Gasteiger partial charge in [-0.2, -0.15) is 0 Å². The molecule has 0 unspecified atom stereocenters. The van der Waals surface area contributed by atoms with E-state index in [1.165, 1.54) is 24.1 Å². The van der Waals surface area contributed by atoms with Gasteiger partial charge in [-0.05, 0) is 38.6 Å². The lowest BCUT2D eigenvalue weighted by Crippen LogP contribution is -2.37. The van der Waals surface area contributed by atoms with Crippen LogP contribution >= 0.6 is 0 Å². The third-order valence-electron chi connectivity index (χ3n) is 4.34. The van der Waals surface area contributed by atoms with Gasteiger partial charge in [0, 0.05) is 30.3 Å². The van der Waals surface area contributed by atoms with Crippen molar-refractivity contribution in [3.8, 4) is 0 Å². The van der Waals surface area contributed by atoms with Crippen molar-refractivity contribution in [3.05, 3.63) is 17.1 Å². The van der Waals surface area contributed by atoms with Crippen molar-refractivity contribution in [2.45, 2.75) is 52.9 Å². The van der Waals surface area contributed by atoms with Crippen LogP contribution in [0.1, 0.15) is 56.6 Å². The maximum atomic E-state index is 5.78. The standard InChI is InChI=1S/C16H28N4/c1-5-14-12(4)16(19-15(18-14)11(2)3)20-8-6-13(10-17)7-9-20/h11,13H,5-10,17H2,1-4H3. The average molecular weight is 276 g/mol. The van der Waals surface area contributed by atoms with Gasteiger partial charge in [0.2, 0.25) is 0 Å². The molecule has 1 aromatic heterocycles. The highest BCUT2D eigenvalue weighted by molar-refractivity contribution is 5.49. The lowest BCUT2D eigenvalue weighted by atomic mass is 9.97. The maximum absolute atomic E-state index is 5.78. The van der Waals surface area contributed by atoms with Crippen LogP contribution in [-0.4, -0.2) is 29.6 Å². The van der Waals surface area contributed by atoms with E-state index in [1.54, 1.807) is 0 Å². The van der Waals surface area contributed by atoms with Crippen LogP contribution in [0.5, 0.6) is 0 Å². The summed E-state index contributed by atoms with van der Waals surface area (Å²) in [6.07, 6.45) is 3.33. The fraction of sp³-hybridized carbons (Fsp3) is 0.750. The lowest BCUT2D eigenvalue weighted by molar-refractivity contribution is 0.412. The molecule has 1 aliphatic rings. The van der Waals surface area contributed by atoms with Crippen molar-refractivity contribution >= 4 is 5.82 Å². The number of rotatable bonds is 4. The second-order valence-electron chi connectivity index (χ2n) is 6.15. The molecule has 0 saturated carbocycles. The highest BCUT2D eigenvalue weighted by Crippen LogP contribution is 2.27. The molecule has 1 fully saturated rings. The van der Waals surface area contributed by atoms with Crippen LogP contribution in [-0.2, 0) is 6.42 Å². The molecule has 1 saturated heterocycles. The first-order valence-electron chi connectivity index (χ1n) is 7.89. The molecule has 0 aliphatic carbocycles. The van der Waals surface area contributed by atoms with Crippen LogP contribution in [0.3, 0.4) is 0 Å². The van der Waals surface area contributed by atoms with E-state index in [0.29, 0.717) is 11.8 Å². The Labute approximate surface area is 122 Å². The molecule has 1 aromatic rings. The van der Waals surface area contributed by atoms with Crippen molar-refractivity contribution in [3.63, 3.8) is 0 Å². The van der Waals surface area contributed by atoms with Crippen molar-refractivity contribution in [2.75, 3.05) is 24.5 Å². The summed E-state index contributed by atoms with van der Waals surface area (Å²) in [6.45, 7) is 11.6. The van der Waals surface area contributed by atoms with E-state index in [9.17, 15) is 0 Å². The zero-order chi connectivity index (χ0) is 14.7. The van der Waals surface area contributed by atoms with E-state index >= 15 is 0 Å². The summed E-state index contributed by atoms with van der Waals surface area (Å²) >= 11 is 0. The molecule has 0 bridgehead atoms. The summed E-state index contributed by atoms with van der Waals surface area (Å²) in [5.74, 6) is 3.18. The highest BCUT2D eigenvalue weighted by atomic mass is 15.2. The molecule has 2 N–H and O–H groups in total. The molecule has 112 valence electrons. The normalized spacial score (nSPS) is 17.0. The summed E-state index contributed by atoms with van der Waals surface area (Å²) in [7, 11) is 0. The number of hydrogen-bond acceptors (Lipinski definition) is 4. The Kier molecular flexibility index (Phi) is 4.97. The number of nitrogens with two attached hydrogens (primary N) is 1. The Balaban J connectivity index is 2.28. The molecule has 0 radical (unpaired) electrons. The Morgan fingerprint density at radius 1 is 1.25 bits per heavy atom. The number of anilines is 1. The first kappa shape index (κ1) is 15.2. The van der Waals surface area contributed by atoms with Gasteiger partial charge in [-0.15, -0.1) is 0 Å². The third-order valence-corrected chi connectivity index (χ3v) is 4.34. The summed E-state index contributed by atoms with van der Waals surface area (Å²) in [5.41, 5.74) is 8.23. The van der Waals surface area contributed by atoms with Gasteiger partial charge < -0.3 is 10.6 Å². The fourth-order valence-electron chi connectivity index (χ4n) is 2.86. The van der Waals surface area contributed by atoms with Gasteiger partial charge in [0.25, 0.3) is 0 Å². The first-order valence-corrected chi connectivity index (χ1v) is 7.89. The second-order valence-corrected chi connectivity index (χ2v) is 6.15. The van der Waals surface area contributed by atoms with Gasteiger partial charge >= 0.3 is 0 Å². The number of hydrogen-bond donors (Lipinski definition) is 1. The van der Waals surface area contributed by atoms with Crippen molar-refractivity contribution in [1.82, 2.24) is 9.97 Å². The molecule has 4 nitrogen and oxygen atoms in total. The third kappa shape index (κ3) is 3.11. The van der Waals surface area contributed by atoms with E-state index < -0.39 is 0 Å². The number of aromatic nitrogens is 2. The molecule has 0 aromatic carbocycles. The SMILES string of the molecule is CCc1nc(C(C)C)nc(N2CCC(CN)CC2)c1C. The van der Waals surface area contributed by atoms with Gasteiger partial charge in [-0.25, -0.2) is 9.97 Å². The Morgan fingerprint density at radius 3 is 2.40 bits per heavy atom. The number of nitrogens with zero attached hydrogens (tertiary/aromatic N) is 3. The summed E-state index contributed by atoms with van der Waals surface area (Å²) in [5, 5.41) is 0. The van der Waals surface area contributed by atoms with Gasteiger partial charge in [-0.3, -0.25) is 0 Å². The topological polar surface area (TPSA) is 55.0 Å². The van der Waals surface area contributed by atoms with E-state index in [1.807, 2.05) is 0 Å². The zero-order valence-electron chi connectivity index (χ0n) is 13.3. The number of piperidine rings is 1. The molecule has 20 heavy (non-hydrogen) atoms. The van der Waals surface area contributed by atoms with Crippen LogP contribution in [0.4, 0.5) is 5.82 Å². The molecule has 0 spiro atoms. The van der Waals surface area contributed by atoms with Crippen LogP contribution in [0.2, 0.25) is 0 Å². The predicted octanol–water partition coefficient (Wildman–Crippen LogP) is 2.65. The fourth-order valence-corrected chi connectivity index (χ4v) is 2.86. The molecule has 2 heterocycles. The van der Waals surface area contributed by atoms with E-state index in [-0.39, 0.29) is 0 Å². The van der Waals surface area contributed by atoms with Crippen LogP contribution in [0, 0.1) is 12.8 Å². The van der Waals surface area contributed by atoms with Gasteiger partial charge in [0.15, 0.2) is 0 Å². The van der Waals surface area contributed by atoms with Crippen LogP contribution < -0.4 is 10.6 Å². The Bertz CT molecular complexity index is 448. The van der Waals surface area contributed by atoms with E-state index in [0.717, 1.165) is 37.7 Å². The predicted molar refractivity (Wildman–Crippen MR) is 84.2 cm³/mol. The van der Waals surface area contributed by atoms with E-state index in [2.05, 4.69) is 32.6 Å². The Hall–Kier alpha value is -1.16. The molecule has 4 heteroatoms. The minimum absolute atomic E-state index is 0.376. The van der Waals surface area contributed by atoms with Crippen LogP contribution in [0.25, 0.3) is 0 Å². The summed E-state index contributed by atoms with van der Waals surface area (Å²) in [4.78, 5) is 12.0. The smallest absolute Gasteiger partial charge is 0.135 e. The lowest BCUT2D eigenvalue weighted by Gasteiger charge is -2.33. The van der Waals surface area contributed by atoms with Crippen molar-refractivity contribution in [1.29, 1.82) is 0 Å². The summed E-state index contributed by atoms with van der Waals surface area (Å²) < 4.78 is 0. The molecular weight excluding hydrogens is 248 g/mol. The number of aryl methyl sites for hydroxylation is 1. The molecular formula is C16H28N4. The monoisotopic (exact) mass is 276 g/mol. The minimum Gasteiger partial charge on any atom is -0.356 e. The highest BCUT2D eigenvalue weighted by Gasteiger charge is 2.22. The van der Waals surface area contributed by atoms with E-state index in [4.69, 9.17) is 15.7 Å². The molecule has 0 amide bonds. The Morgan fingerprint density at radius 2 is 1.90 bits per heavy atom. The van der Waals surface area contributed by atoms with Crippen LogP contribution in [0.15, 0.2) is 0 Å². The minimum atomic E-state index is 0.376. The van der Waals surface area contributed by atoms with Crippen molar-refractivity contribution < 1.29 is 0 Å². The van der Waals surface area contributed by atoms with Gasteiger partial charge in [-0.1, -0.05) is 20.8 Å². The molecule has 2 rings (SSSR count). The second kappa shape index (κ2) is 6.53. The largest absolute Gasteiger partial charge is 0.356 e. The first-order chi connectivity index (χ1) is 9.56. The zero-order valence-corrected chi connectivity index (χ0v) is 13.3.